The van der Waals surface area contributed by atoms with Crippen LogP contribution in [0.1, 0.15) is 13.3 Å². The average Bonchev–Trinajstić information content (AvgIpc) is 2.90. The highest BCUT2D eigenvalue weighted by atomic mass is 32.2. The molecule has 2 aromatic heterocycles. The second-order valence-corrected chi connectivity index (χ2v) is 11.1. The van der Waals surface area contributed by atoms with Crippen molar-refractivity contribution >= 4 is 26.6 Å². The molecule has 0 spiro atoms. The third-order valence-corrected chi connectivity index (χ3v) is 8.34. The third-order valence-electron chi connectivity index (χ3n) is 6.63. The number of fused-ring (bicyclic) bond motifs is 1. The first-order chi connectivity index (χ1) is 17.3. The van der Waals surface area contributed by atoms with Crippen LogP contribution in [0.15, 0.2) is 46.3 Å². The molecule has 0 radical (unpaired) electrons. The number of piperazine rings is 1. The number of pyridine rings is 1. The van der Waals surface area contributed by atoms with Gasteiger partial charge in [-0.05, 0) is 31.2 Å². The van der Waals surface area contributed by atoms with Crippen molar-refractivity contribution in [2.45, 2.75) is 18.2 Å². The number of nitrogens with one attached hydrogen (secondary N) is 1. The molecule has 3 heterocycles. The van der Waals surface area contributed by atoms with Crippen LogP contribution in [0.4, 0.5) is 5.82 Å². The van der Waals surface area contributed by atoms with Gasteiger partial charge in [0.1, 0.15) is 11.2 Å². The van der Waals surface area contributed by atoms with Crippen LogP contribution < -0.4 is 10.9 Å². The first kappa shape index (κ1) is 26.2. The summed E-state index contributed by atoms with van der Waals surface area (Å²) >= 11 is 0. The summed E-state index contributed by atoms with van der Waals surface area (Å²) < 4.78 is 27.3. The molecule has 2 N–H and O–H groups in total. The molecule has 1 fully saturated rings. The second-order valence-electron chi connectivity index (χ2n) is 9.03. The Morgan fingerprint density at radius 2 is 1.78 bits per heavy atom. The maximum Gasteiger partial charge on any atom is 0.264 e. The lowest BCUT2D eigenvalue weighted by molar-refractivity contribution is 0.143. The molecule has 1 aliphatic rings. The van der Waals surface area contributed by atoms with E-state index in [0.717, 1.165) is 38.3 Å². The van der Waals surface area contributed by atoms with Crippen LogP contribution in [-0.4, -0.2) is 96.0 Å². The summed E-state index contributed by atoms with van der Waals surface area (Å²) in [5.74, 6) is 0.475. The van der Waals surface area contributed by atoms with Gasteiger partial charge >= 0.3 is 0 Å². The molecule has 0 atom stereocenters. The molecule has 1 saturated heterocycles. The van der Waals surface area contributed by atoms with Crippen LogP contribution in [0.2, 0.25) is 0 Å². The first-order valence-electron chi connectivity index (χ1n) is 12.3. The van der Waals surface area contributed by atoms with Gasteiger partial charge in [-0.1, -0.05) is 19.1 Å². The Kier molecular flexibility index (Phi) is 8.35. The summed E-state index contributed by atoms with van der Waals surface area (Å²) in [7, 11) is -1.78. The SMILES string of the molecule is CCN1CCN(CCS(=O)(=O)c2ccc(-c3cc4ncn(C)c(=O)c4c(NCCCO)n3)cc2)CC1. The average molecular weight is 515 g/mol. The second kappa shape index (κ2) is 11.5. The van der Waals surface area contributed by atoms with Gasteiger partial charge in [-0.2, -0.15) is 0 Å². The lowest BCUT2D eigenvalue weighted by atomic mass is 10.1. The van der Waals surface area contributed by atoms with Gasteiger partial charge in [0.15, 0.2) is 9.84 Å². The summed E-state index contributed by atoms with van der Waals surface area (Å²) in [6, 6.07) is 8.43. The summed E-state index contributed by atoms with van der Waals surface area (Å²) in [5, 5.41) is 12.6. The van der Waals surface area contributed by atoms with Crippen LogP contribution in [0.5, 0.6) is 0 Å². The van der Waals surface area contributed by atoms with E-state index in [2.05, 4.69) is 32.0 Å². The van der Waals surface area contributed by atoms with E-state index in [1.54, 1.807) is 37.4 Å². The van der Waals surface area contributed by atoms with Gasteiger partial charge in [-0.3, -0.25) is 9.69 Å². The van der Waals surface area contributed by atoms with Crippen molar-refractivity contribution in [1.29, 1.82) is 0 Å². The number of sulfone groups is 1. The minimum atomic E-state index is -3.41. The van der Waals surface area contributed by atoms with Gasteiger partial charge in [0.25, 0.3) is 5.56 Å². The number of aliphatic hydroxyl groups excluding tert-OH is 1. The molecule has 36 heavy (non-hydrogen) atoms. The summed E-state index contributed by atoms with van der Waals surface area (Å²) in [4.78, 5) is 26.6. The van der Waals surface area contributed by atoms with Crippen LogP contribution in [0, 0.1) is 0 Å². The van der Waals surface area contributed by atoms with Crippen molar-refractivity contribution in [3.63, 3.8) is 0 Å². The number of hydrogen-bond donors (Lipinski definition) is 2. The Morgan fingerprint density at radius 3 is 2.44 bits per heavy atom. The lowest BCUT2D eigenvalue weighted by Crippen LogP contribution is -2.47. The third kappa shape index (κ3) is 5.92. The van der Waals surface area contributed by atoms with E-state index >= 15 is 0 Å². The van der Waals surface area contributed by atoms with Crippen LogP contribution >= 0.6 is 0 Å². The number of nitrogens with zero attached hydrogens (tertiary/aromatic N) is 5. The van der Waals surface area contributed by atoms with E-state index in [4.69, 9.17) is 5.11 Å². The van der Waals surface area contributed by atoms with Gasteiger partial charge in [0, 0.05) is 58.5 Å². The maximum absolute atomic E-state index is 13.0. The number of aromatic nitrogens is 3. The Labute approximate surface area is 211 Å². The molecule has 194 valence electrons. The largest absolute Gasteiger partial charge is 0.396 e. The van der Waals surface area contributed by atoms with Crippen molar-refractivity contribution in [1.82, 2.24) is 24.3 Å². The Morgan fingerprint density at radius 1 is 1.08 bits per heavy atom. The fourth-order valence-corrected chi connectivity index (χ4v) is 5.60. The number of likely N-dealkylation sites (N-methyl/N-ethyl adjacent to an activating group) is 1. The lowest BCUT2D eigenvalue weighted by Gasteiger charge is -2.33. The number of aryl methyl sites for hydroxylation is 1. The molecule has 0 aliphatic carbocycles. The number of anilines is 1. The molecule has 0 amide bonds. The van der Waals surface area contributed by atoms with Gasteiger partial charge in [0.05, 0.1) is 28.2 Å². The topological polar surface area (TPSA) is 121 Å². The van der Waals surface area contributed by atoms with Crippen molar-refractivity contribution < 1.29 is 13.5 Å². The molecule has 1 aromatic carbocycles. The van der Waals surface area contributed by atoms with E-state index < -0.39 is 9.84 Å². The van der Waals surface area contributed by atoms with E-state index in [1.807, 2.05) is 0 Å². The normalized spacial score (nSPS) is 15.4. The standard InChI is InChI=1S/C25H34N6O4S/c1-3-30-10-12-31(13-11-30)14-16-36(34,35)20-7-5-19(6-8-20)21-17-22-23(25(33)29(2)18-27-22)24(28-21)26-9-4-15-32/h5-8,17-18,32H,3-4,9-16H2,1-2H3,(H,26,28). The van der Waals surface area contributed by atoms with Crippen molar-refractivity contribution in [3.05, 3.63) is 47.0 Å². The number of rotatable bonds is 10. The van der Waals surface area contributed by atoms with Crippen molar-refractivity contribution in [3.8, 4) is 11.3 Å². The van der Waals surface area contributed by atoms with E-state index in [9.17, 15) is 13.2 Å². The summed E-state index contributed by atoms with van der Waals surface area (Å²) in [6.07, 6.45) is 1.97. The quantitative estimate of drug-likeness (QED) is 0.385. The molecule has 0 saturated carbocycles. The van der Waals surface area contributed by atoms with Crippen LogP contribution in [-0.2, 0) is 16.9 Å². The highest BCUT2D eigenvalue weighted by Gasteiger charge is 2.20. The van der Waals surface area contributed by atoms with E-state index in [1.165, 1.54) is 10.9 Å². The minimum Gasteiger partial charge on any atom is -0.396 e. The zero-order valence-electron chi connectivity index (χ0n) is 20.9. The summed E-state index contributed by atoms with van der Waals surface area (Å²) in [5.41, 5.74) is 1.57. The highest BCUT2D eigenvalue weighted by molar-refractivity contribution is 7.91. The predicted octanol–water partition coefficient (Wildman–Crippen LogP) is 1.20. The summed E-state index contributed by atoms with van der Waals surface area (Å²) in [6.45, 7) is 7.89. The van der Waals surface area contributed by atoms with Gasteiger partial charge in [0.2, 0.25) is 0 Å². The molecule has 11 heteroatoms. The maximum atomic E-state index is 13.0. The minimum absolute atomic E-state index is 0.0196. The number of hydrogen-bond acceptors (Lipinski definition) is 9. The Bertz CT molecular complexity index is 1350. The van der Waals surface area contributed by atoms with E-state index in [0.29, 0.717) is 41.9 Å². The van der Waals surface area contributed by atoms with Crippen molar-refractivity contribution in [2.75, 3.05) is 63.5 Å². The van der Waals surface area contributed by atoms with Crippen LogP contribution in [0.3, 0.4) is 0 Å². The molecule has 0 bridgehead atoms. The monoisotopic (exact) mass is 514 g/mol. The Hall–Kier alpha value is -2.86. The first-order valence-corrected chi connectivity index (χ1v) is 14.0. The predicted molar refractivity (Wildman–Crippen MR) is 141 cm³/mol. The van der Waals surface area contributed by atoms with Gasteiger partial charge in [-0.15, -0.1) is 0 Å². The fourth-order valence-electron chi connectivity index (χ4n) is 4.31. The van der Waals surface area contributed by atoms with E-state index in [-0.39, 0.29) is 22.8 Å². The number of benzene rings is 1. The van der Waals surface area contributed by atoms with Gasteiger partial charge in [-0.25, -0.2) is 18.4 Å². The molecule has 0 unspecified atom stereocenters. The Balaban J connectivity index is 1.54. The molecule has 10 nitrogen and oxygen atoms in total. The molecule has 4 rings (SSSR count). The zero-order valence-corrected chi connectivity index (χ0v) is 21.7. The smallest absolute Gasteiger partial charge is 0.264 e. The highest BCUT2D eigenvalue weighted by Crippen LogP contribution is 2.26. The van der Waals surface area contributed by atoms with Gasteiger partial charge < -0.3 is 19.9 Å². The molecule has 1 aliphatic heterocycles. The molecule has 3 aromatic rings. The molecular formula is C25H34N6O4S. The zero-order chi connectivity index (χ0) is 25.7. The number of aliphatic hydroxyl groups is 1. The van der Waals surface area contributed by atoms with Crippen LogP contribution in [0.25, 0.3) is 22.2 Å². The van der Waals surface area contributed by atoms with Crippen molar-refractivity contribution in [2.24, 2.45) is 7.05 Å². The molecular weight excluding hydrogens is 480 g/mol. The fraction of sp³-hybridized carbons (Fsp3) is 0.480.